The molecule has 0 bridgehead atoms. The van der Waals surface area contributed by atoms with Gasteiger partial charge in [-0.3, -0.25) is 15.7 Å². The zero-order chi connectivity index (χ0) is 24.7. The fourth-order valence-electron chi connectivity index (χ4n) is 4.01. The van der Waals surface area contributed by atoms with Gasteiger partial charge in [0.05, 0.1) is 18.9 Å². The molecule has 1 aliphatic carbocycles. The number of hydrogen-bond acceptors (Lipinski definition) is 9. The van der Waals surface area contributed by atoms with E-state index in [4.69, 9.17) is 30.3 Å². The summed E-state index contributed by atoms with van der Waals surface area (Å²) in [5, 5.41) is 16.1. The van der Waals surface area contributed by atoms with Gasteiger partial charge in [-0.15, -0.1) is 0 Å². The molecule has 0 radical (unpaired) electrons. The molecule has 2 aromatic rings. The average Bonchev–Trinajstić information content (AvgIpc) is 3.32. The summed E-state index contributed by atoms with van der Waals surface area (Å²) in [5.74, 6) is 5.57. The maximum absolute atomic E-state index is 12.4. The molecule has 1 aromatic carbocycles. The fraction of sp³-hybridized carbons (Fsp3) is 0.417. The number of likely N-dealkylation sites (N-methyl/N-ethyl adjacent to an activating group) is 1. The Bertz CT molecular complexity index is 1050. The Kier molecular flexibility index (Phi) is 7.91. The number of nitrogens with zero attached hydrogens (tertiary/aromatic N) is 3. The van der Waals surface area contributed by atoms with Crippen LogP contribution < -0.4 is 11.2 Å². The molecule has 1 saturated heterocycles. The maximum Gasteiger partial charge on any atom is 0.413 e. The van der Waals surface area contributed by atoms with Crippen LogP contribution in [0.25, 0.3) is 0 Å². The number of anilines is 1. The lowest BCUT2D eigenvalue weighted by Crippen LogP contribution is -2.38. The number of nitrogens with one attached hydrogen (secondary N) is 2. The summed E-state index contributed by atoms with van der Waals surface area (Å²) in [4.78, 5) is 22.2. The lowest BCUT2D eigenvalue weighted by atomic mass is 9.92. The van der Waals surface area contributed by atoms with Crippen molar-refractivity contribution in [2.45, 2.75) is 44.2 Å². The van der Waals surface area contributed by atoms with Crippen LogP contribution in [-0.4, -0.2) is 59.8 Å². The van der Waals surface area contributed by atoms with Crippen molar-refractivity contribution in [3.05, 3.63) is 59.8 Å². The van der Waals surface area contributed by atoms with Gasteiger partial charge in [-0.1, -0.05) is 41.6 Å². The molecule has 4 N–H and O–H groups in total. The number of carbonyl (C=O) groups is 1. The first-order chi connectivity index (χ1) is 16.9. The summed E-state index contributed by atoms with van der Waals surface area (Å²) < 4.78 is 17.0. The molecule has 2 aliphatic rings. The minimum Gasteiger partial charge on any atom is -0.446 e. The molecule has 11 heteroatoms. The SMILES string of the molecule is CN(N)C(=N)/C(=N\OCc1cccc(NC(=O)OC2CCC3(CC2)OCCO3)n1)c1ccccc1. The van der Waals surface area contributed by atoms with Gasteiger partial charge < -0.3 is 19.0 Å². The molecule has 2 fully saturated rings. The van der Waals surface area contributed by atoms with E-state index in [2.05, 4.69) is 15.5 Å². The molecule has 2 heterocycles. The lowest BCUT2D eigenvalue weighted by molar-refractivity contribution is -0.187. The predicted octanol–water partition coefficient (Wildman–Crippen LogP) is 3.02. The summed E-state index contributed by atoms with van der Waals surface area (Å²) in [5.41, 5.74) is 1.53. The van der Waals surface area contributed by atoms with E-state index in [1.807, 2.05) is 30.3 Å². The Morgan fingerprint density at radius 2 is 1.91 bits per heavy atom. The predicted molar refractivity (Wildman–Crippen MR) is 129 cm³/mol. The molecular weight excluding hydrogens is 452 g/mol. The van der Waals surface area contributed by atoms with E-state index in [-0.39, 0.29) is 24.3 Å². The van der Waals surface area contributed by atoms with Crippen LogP contribution in [0.1, 0.15) is 36.9 Å². The second-order valence-electron chi connectivity index (χ2n) is 8.39. The molecule has 0 atom stereocenters. The number of nitrogens with two attached hydrogens (primary N) is 1. The number of oxime groups is 1. The Morgan fingerprint density at radius 1 is 1.20 bits per heavy atom. The number of hydrazine groups is 1. The van der Waals surface area contributed by atoms with Gasteiger partial charge in [0.2, 0.25) is 0 Å². The summed E-state index contributed by atoms with van der Waals surface area (Å²) in [7, 11) is 1.55. The van der Waals surface area contributed by atoms with Crippen molar-refractivity contribution in [1.29, 1.82) is 5.41 Å². The molecule has 1 amide bonds. The lowest BCUT2D eigenvalue weighted by Gasteiger charge is -2.34. The quantitative estimate of drug-likeness (QED) is 0.236. The molecule has 1 saturated carbocycles. The van der Waals surface area contributed by atoms with Gasteiger partial charge in [-0.05, 0) is 25.0 Å². The van der Waals surface area contributed by atoms with Crippen molar-refractivity contribution in [2.24, 2.45) is 11.0 Å². The highest BCUT2D eigenvalue weighted by Crippen LogP contribution is 2.36. The summed E-state index contributed by atoms with van der Waals surface area (Å²) >= 11 is 0. The molecular formula is C24H30N6O5. The van der Waals surface area contributed by atoms with Crippen LogP contribution in [-0.2, 0) is 25.7 Å². The molecule has 186 valence electrons. The van der Waals surface area contributed by atoms with E-state index < -0.39 is 11.9 Å². The third-order valence-electron chi connectivity index (χ3n) is 5.81. The van der Waals surface area contributed by atoms with Crippen LogP contribution in [0.4, 0.5) is 10.6 Å². The average molecular weight is 483 g/mol. The van der Waals surface area contributed by atoms with Gasteiger partial charge in [0.15, 0.2) is 23.9 Å². The first kappa shape index (κ1) is 24.6. The van der Waals surface area contributed by atoms with Crippen LogP contribution in [0.15, 0.2) is 53.7 Å². The van der Waals surface area contributed by atoms with E-state index in [0.29, 0.717) is 56.0 Å². The number of pyridine rings is 1. The number of amides is 1. The molecule has 4 rings (SSSR count). The van der Waals surface area contributed by atoms with E-state index in [1.165, 1.54) is 0 Å². The maximum atomic E-state index is 12.4. The standard InChI is InChI=1S/C24H30N6O5/c1-30(26)22(25)21(17-6-3-2-4-7-17)29-34-16-18-8-5-9-20(27-18)28-23(31)35-19-10-12-24(13-11-19)32-14-15-33-24/h2-9,19,25H,10-16,26H2,1H3,(H,27,28,31)/b25-22?,29-21-. The van der Waals surface area contributed by atoms with E-state index in [1.54, 1.807) is 25.2 Å². The van der Waals surface area contributed by atoms with Gasteiger partial charge in [0.25, 0.3) is 0 Å². The molecule has 0 unspecified atom stereocenters. The van der Waals surface area contributed by atoms with Crippen LogP contribution in [0, 0.1) is 5.41 Å². The van der Waals surface area contributed by atoms with Crippen LogP contribution in [0.5, 0.6) is 0 Å². The molecule has 11 nitrogen and oxygen atoms in total. The zero-order valence-electron chi connectivity index (χ0n) is 19.6. The van der Waals surface area contributed by atoms with Crippen molar-refractivity contribution >= 4 is 23.5 Å². The second kappa shape index (κ2) is 11.3. The highest BCUT2D eigenvalue weighted by Gasteiger charge is 2.41. The smallest absolute Gasteiger partial charge is 0.413 e. The fourth-order valence-corrected chi connectivity index (χ4v) is 4.01. The van der Waals surface area contributed by atoms with E-state index in [0.717, 1.165) is 5.01 Å². The third kappa shape index (κ3) is 6.53. The van der Waals surface area contributed by atoms with Crippen LogP contribution in [0.3, 0.4) is 0 Å². The Hall–Kier alpha value is -3.54. The number of ether oxygens (including phenoxy) is 3. The monoisotopic (exact) mass is 482 g/mol. The Morgan fingerprint density at radius 3 is 2.60 bits per heavy atom. The minimum atomic E-state index is -0.561. The summed E-state index contributed by atoms with van der Waals surface area (Å²) in [6.45, 7) is 1.26. The number of amidine groups is 1. The second-order valence-corrected chi connectivity index (χ2v) is 8.39. The van der Waals surface area contributed by atoms with Crippen molar-refractivity contribution < 1.29 is 23.8 Å². The minimum absolute atomic E-state index is 0.00186. The molecule has 35 heavy (non-hydrogen) atoms. The number of hydrogen-bond donors (Lipinski definition) is 3. The third-order valence-corrected chi connectivity index (χ3v) is 5.81. The molecule has 1 spiro atoms. The van der Waals surface area contributed by atoms with Crippen molar-refractivity contribution in [1.82, 2.24) is 9.99 Å². The zero-order valence-corrected chi connectivity index (χ0v) is 19.6. The largest absolute Gasteiger partial charge is 0.446 e. The Balaban J connectivity index is 1.30. The topological polar surface area (TPSA) is 144 Å². The molecule has 1 aliphatic heterocycles. The van der Waals surface area contributed by atoms with Crippen LogP contribution in [0.2, 0.25) is 0 Å². The number of benzene rings is 1. The first-order valence-electron chi connectivity index (χ1n) is 11.5. The number of carbonyl (C=O) groups excluding carboxylic acids is 1. The van der Waals surface area contributed by atoms with Crippen molar-refractivity contribution in [3.8, 4) is 0 Å². The van der Waals surface area contributed by atoms with Crippen molar-refractivity contribution in [2.75, 3.05) is 25.6 Å². The van der Waals surface area contributed by atoms with Gasteiger partial charge in [-0.2, -0.15) is 0 Å². The van der Waals surface area contributed by atoms with Gasteiger partial charge >= 0.3 is 6.09 Å². The van der Waals surface area contributed by atoms with Gasteiger partial charge in [0, 0.05) is 25.5 Å². The summed E-state index contributed by atoms with van der Waals surface area (Å²) in [6.07, 6.45) is 2.03. The summed E-state index contributed by atoms with van der Waals surface area (Å²) in [6, 6.07) is 14.3. The van der Waals surface area contributed by atoms with Gasteiger partial charge in [0.1, 0.15) is 11.9 Å². The first-order valence-corrected chi connectivity index (χ1v) is 11.5. The molecule has 1 aromatic heterocycles. The van der Waals surface area contributed by atoms with Crippen molar-refractivity contribution in [3.63, 3.8) is 0 Å². The van der Waals surface area contributed by atoms with E-state index in [9.17, 15) is 4.79 Å². The highest BCUT2D eigenvalue weighted by molar-refractivity contribution is 6.46. The number of rotatable bonds is 7. The Labute approximate surface area is 203 Å². The highest BCUT2D eigenvalue weighted by atomic mass is 16.7. The normalized spacial score (nSPS) is 17.7. The van der Waals surface area contributed by atoms with E-state index >= 15 is 0 Å². The number of aromatic nitrogens is 1. The van der Waals surface area contributed by atoms with Gasteiger partial charge in [-0.25, -0.2) is 15.6 Å². The van der Waals surface area contributed by atoms with Crippen LogP contribution >= 0.6 is 0 Å².